The van der Waals surface area contributed by atoms with E-state index >= 15 is 0 Å². The minimum absolute atomic E-state index is 0.0222. The summed E-state index contributed by atoms with van der Waals surface area (Å²) in [5, 5.41) is 14.2. The number of rotatable bonds is 4. The van der Waals surface area contributed by atoms with Crippen molar-refractivity contribution in [1.29, 1.82) is 5.26 Å². The van der Waals surface area contributed by atoms with E-state index in [0.29, 0.717) is 25.1 Å². The third kappa shape index (κ3) is 4.71. The molecule has 2 N–H and O–H groups in total. The molecule has 0 saturated carbocycles. The molecule has 0 aliphatic carbocycles. The maximum Gasteiger partial charge on any atom is 0.241 e. The fraction of sp³-hybridized carbons (Fsp3) is 0.364. The molecule has 8 nitrogen and oxygen atoms in total. The van der Waals surface area contributed by atoms with Gasteiger partial charge in [-0.1, -0.05) is 0 Å². The second kappa shape index (κ2) is 8.67. The summed E-state index contributed by atoms with van der Waals surface area (Å²) in [6.07, 6.45) is 1.57. The molecule has 1 saturated heterocycles. The van der Waals surface area contributed by atoms with Gasteiger partial charge >= 0.3 is 0 Å². The molecule has 2 aliphatic rings. The summed E-state index contributed by atoms with van der Waals surface area (Å²) in [5.41, 5.74) is 3.34. The van der Waals surface area contributed by atoms with Crippen LogP contribution in [0.4, 0.5) is 11.4 Å². The van der Waals surface area contributed by atoms with Gasteiger partial charge in [-0.2, -0.15) is 5.26 Å². The normalized spacial score (nSPS) is 17.2. The number of amides is 1. The number of nitriles is 1. The molecular formula is C22H25N5O3S. The van der Waals surface area contributed by atoms with Gasteiger partial charge in [0.25, 0.3) is 0 Å². The molecule has 162 valence electrons. The molecular weight excluding hydrogens is 414 g/mol. The van der Waals surface area contributed by atoms with Crippen LogP contribution in [-0.4, -0.2) is 58.5 Å². The van der Waals surface area contributed by atoms with E-state index in [9.17, 15) is 13.2 Å². The third-order valence-electron chi connectivity index (χ3n) is 5.89. The summed E-state index contributed by atoms with van der Waals surface area (Å²) in [5.74, 6) is 0.0222. The molecule has 2 heterocycles. The number of primary sulfonamides is 1. The van der Waals surface area contributed by atoms with Crippen LogP contribution in [0.2, 0.25) is 0 Å². The Morgan fingerprint density at radius 2 is 1.81 bits per heavy atom. The number of nitrogens with zero attached hydrogens (tertiary/aromatic N) is 4. The third-order valence-corrected chi connectivity index (χ3v) is 6.80. The fourth-order valence-corrected chi connectivity index (χ4v) is 4.79. The Balaban J connectivity index is 1.38. The Labute approximate surface area is 182 Å². The highest BCUT2D eigenvalue weighted by Gasteiger charge is 2.27. The SMILES string of the molecule is N#Cc1ccc(N2CCCN(CC(=O)N3CCc4cc(S(N)(=O)=O)ccc43)CC2)cc1. The van der Waals surface area contributed by atoms with Crippen LogP contribution >= 0.6 is 0 Å². The predicted octanol–water partition coefficient (Wildman–Crippen LogP) is 1.31. The molecule has 2 aliphatic heterocycles. The van der Waals surface area contributed by atoms with Crippen LogP contribution in [0.25, 0.3) is 0 Å². The van der Waals surface area contributed by atoms with Gasteiger partial charge in [0.1, 0.15) is 0 Å². The molecule has 1 fully saturated rings. The van der Waals surface area contributed by atoms with Crippen molar-refractivity contribution in [2.75, 3.05) is 49.1 Å². The van der Waals surface area contributed by atoms with Gasteiger partial charge < -0.3 is 9.80 Å². The van der Waals surface area contributed by atoms with Crippen molar-refractivity contribution >= 4 is 27.3 Å². The van der Waals surface area contributed by atoms with Gasteiger partial charge in [0.15, 0.2) is 0 Å². The van der Waals surface area contributed by atoms with E-state index in [2.05, 4.69) is 15.9 Å². The van der Waals surface area contributed by atoms with Gasteiger partial charge in [-0.15, -0.1) is 0 Å². The lowest BCUT2D eigenvalue weighted by atomic mass is 10.2. The van der Waals surface area contributed by atoms with Crippen molar-refractivity contribution in [2.45, 2.75) is 17.7 Å². The highest BCUT2D eigenvalue weighted by molar-refractivity contribution is 7.89. The minimum atomic E-state index is -3.75. The van der Waals surface area contributed by atoms with Crippen LogP contribution in [0.3, 0.4) is 0 Å². The second-order valence-corrected chi connectivity index (χ2v) is 9.47. The largest absolute Gasteiger partial charge is 0.370 e. The summed E-state index contributed by atoms with van der Waals surface area (Å²) in [6, 6.07) is 14.4. The molecule has 0 bridgehead atoms. The summed E-state index contributed by atoms with van der Waals surface area (Å²) < 4.78 is 23.2. The van der Waals surface area contributed by atoms with Crippen molar-refractivity contribution in [1.82, 2.24) is 4.90 Å². The first-order valence-corrected chi connectivity index (χ1v) is 11.8. The standard InChI is InChI=1S/C22H25N5O3S/c23-15-17-2-4-19(5-3-17)26-10-1-9-25(12-13-26)16-22(28)27-11-8-18-14-20(31(24,29)30)6-7-21(18)27/h2-7,14H,1,8-13,16H2,(H2,24,29,30). The van der Waals surface area contributed by atoms with E-state index in [1.807, 2.05) is 24.3 Å². The number of carbonyl (C=O) groups is 1. The molecule has 1 amide bonds. The number of hydrogen-bond donors (Lipinski definition) is 1. The Morgan fingerprint density at radius 1 is 1.03 bits per heavy atom. The first-order valence-electron chi connectivity index (χ1n) is 10.3. The Bertz CT molecular complexity index is 1120. The molecule has 0 radical (unpaired) electrons. The van der Waals surface area contributed by atoms with Crippen molar-refractivity contribution in [3.63, 3.8) is 0 Å². The Kier molecular flexibility index (Phi) is 5.96. The average Bonchev–Trinajstić information content (AvgIpc) is 3.05. The van der Waals surface area contributed by atoms with E-state index in [1.165, 1.54) is 6.07 Å². The number of carbonyl (C=O) groups excluding carboxylic acids is 1. The quantitative estimate of drug-likeness (QED) is 0.769. The van der Waals surface area contributed by atoms with Gasteiger partial charge in [-0.25, -0.2) is 13.6 Å². The molecule has 4 rings (SSSR count). The Morgan fingerprint density at radius 3 is 2.52 bits per heavy atom. The van der Waals surface area contributed by atoms with E-state index in [4.69, 9.17) is 10.4 Å². The maximum absolute atomic E-state index is 13.0. The fourth-order valence-electron chi connectivity index (χ4n) is 4.22. The zero-order chi connectivity index (χ0) is 22.0. The van der Waals surface area contributed by atoms with Crippen LogP contribution in [0.15, 0.2) is 47.4 Å². The van der Waals surface area contributed by atoms with Gasteiger partial charge in [0.2, 0.25) is 15.9 Å². The van der Waals surface area contributed by atoms with Crippen molar-refractivity contribution < 1.29 is 13.2 Å². The molecule has 9 heteroatoms. The number of fused-ring (bicyclic) bond motifs is 1. The first-order chi connectivity index (χ1) is 14.8. The van der Waals surface area contributed by atoms with Gasteiger partial charge in [0, 0.05) is 44.1 Å². The van der Waals surface area contributed by atoms with Crippen LogP contribution in [0.5, 0.6) is 0 Å². The molecule has 0 unspecified atom stereocenters. The van der Waals surface area contributed by atoms with Gasteiger partial charge in [0.05, 0.1) is 23.1 Å². The number of anilines is 2. The molecule has 0 aromatic heterocycles. The minimum Gasteiger partial charge on any atom is -0.370 e. The number of hydrogen-bond acceptors (Lipinski definition) is 6. The number of nitrogens with two attached hydrogens (primary N) is 1. The molecule has 31 heavy (non-hydrogen) atoms. The first kappa shape index (κ1) is 21.3. The highest BCUT2D eigenvalue weighted by atomic mass is 32.2. The van der Waals surface area contributed by atoms with E-state index in [0.717, 1.165) is 49.5 Å². The summed E-state index contributed by atoms with van der Waals surface area (Å²) >= 11 is 0. The van der Waals surface area contributed by atoms with Crippen molar-refractivity contribution in [3.05, 3.63) is 53.6 Å². The zero-order valence-electron chi connectivity index (χ0n) is 17.2. The maximum atomic E-state index is 13.0. The predicted molar refractivity (Wildman–Crippen MR) is 118 cm³/mol. The van der Waals surface area contributed by atoms with Gasteiger partial charge in [-0.3, -0.25) is 9.69 Å². The number of benzene rings is 2. The van der Waals surface area contributed by atoms with Gasteiger partial charge in [-0.05, 0) is 60.9 Å². The summed E-state index contributed by atoms with van der Waals surface area (Å²) in [7, 11) is -3.75. The average molecular weight is 440 g/mol. The lowest BCUT2D eigenvalue weighted by Gasteiger charge is -2.25. The van der Waals surface area contributed by atoms with Crippen LogP contribution in [-0.2, 0) is 21.2 Å². The van der Waals surface area contributed by atoms with E-state index in [-0.39, 0.29) is 10.8 Å². The topological polar surface area (TPSA) is 111 Å². The second-order valence-electron chi connectivity index (χ2n) is 7.91. The number of sulfonamides is 1. The van der Waals surface area contributed by atoms with E-state index in [1.54, 1.807) is 17.0 Å². The lowest BCUT2D eigenvalue weighted by molar-refractivity contribution is -0.119. The molecule has 2 aromatic carbocycles. The van der Waals surface area contributed by atoms with E-state index < -0.39 is 10.0 Å². The van der Waals surface area contributed by atoms with Crippen LogP contribution in [0, 0.1) is 11.3 Å². The monoisotopic (exact) mass is 439 g/mol. The van der Waals surface area contributed by atoms with Crippen molar-refractivity contribution in [2.24, 2.45) is 5.14 Å². The van der Waals surface area contributed by atoms with Crippen molar-refractivity contribution in [3.8, 4) is 6.07 Å². The summed E-state index contributed by atoms with van der Waals surface area (Å²) in [6.45, 7) is 4.21. The van der Waals surface area contributed by atoms with Crippen LogP contribution < -0.4 is 14.9 Å². The molecule has 2 aromatic rings. The zero-order valence-corrected chi connectivity index (χ0v) is 18.0. The molecule has 0 atom stereocenters. The van der Waals surface area contributed by atoms with Crippen LogP contribution in [0.1, 0.15) is 17.5 Å². The Hall–Kier alpha value is -2.93. The smallest absolute Gasteiger partial charge is 0.241 e. The lowest BCUT2D eigenvalue weighted by Crippen LogP contribution is -2.41. The highest BCUT2D eigenvalue weighted by Crippen LogP contribution is 2.30. The molecule has 0 spiro atoms. The summed E-state index contributed by atoms with van der Waals surface area (Å²) in [4.78, 5) is 19.3.